The molecule has 4 heteroatoms. The van der Waals surface area contributed by atoms with Gasteiger partial charge in [-0.1, -0.05) is 12.1 Å². The number of carbonyl (C=O) groups excluding carboxylic acids is 2. The van der Waals surface area contributed by atoms with Gasteiger partial charge in [-0.2, -0.15) is 0 Å². The van der Waals surface area contributed by atoms with Crippen molar-refractivity contribution < 1.29 is 14.3 Å². The van der Waals surface area contributed by atoms with Crippen LogP contribution in [0.5, 0.6) is 0 Å². The lowest BCUT2D eigenvalue weighted by Gasteiger charge is -2.01. The summed E-state index contributed by atoms with van der Waals surface area (Å²) in [6.45, 7) is 0.408. The van der Waals surface area contributed by atoms with Gasteiger partial charge in [0.1, 0.15) is 0 Å². The number of hydrogen-bond acceptors (Lipinski definition) is 3. The molecular formula is C10H10NO3. The Morgan fingerprint density at radius 2 is 2.07 bits per heavy atom. The Hall–Kier alpha value is -1.84. The van der Waals surface area contributed by atoms with Gasteiger partial charge in [0.25, 0.3) is 0 Å². The van der Waals surface area contributed by atoms with E-state index in [0.29, 0.717) is 12.1 Å². The van der Waals surface area contributed by atoms with Crippen LogP contribution in [0.25, 0.3) is 0 Å². The van der Waals surface area contributed by atoms with Crippen LogP contribution in [0.4, 0.5) is 0 Å². The molecule has 73 valence electrons. The maximum atomic E-state index is 11.0. The number of benzene rings is 1. The molecule has 1 rings (SSSR count). The van der Waals surface area contributed by atoms with E-state index in [4.69, 9.17) is 0 Å². The zero-order chi connectivity index (χ0) is 10.4. The van der Waals surface area contributed by atoms with Gasteiger partial charge in [-0.25, -0.2) is 4.79 Å². The Bertz CT molecular complexity index is 319. The molecule has 0 heterocycles. The molecule has 0 unspecified atom stereocenters. The maximum absolute atomic E-state index is 11.0. The van der Waals surface area contributed by atoms with Gasteiger partial charge in [-0.05, 0) is 17.7 Å². The lowest BCUT2D eigenvalue weighted by atomic mass is 10.1. The maximum Gasteiger partial charge on any atom is 0.337 e. The molecule has 1 amide bonds. The van der Waals surface area contributed by atoms with Crippen LogP contribution in [-0.2, 0) is 16.1 Å². The normalized spacial score (nSPS) is 9.21. The molecule has 0 saturated heterocycles. The van der Waals surface area contributed by atoms with Crippen molar-refractivity contribution in [1.29, 1.82) is 0 Å². The molecule has 0 aliphatic carbocycles. The van der Waals surface area contributed by atoms with Crippen molar-refractivity contribution in [2.24, 2.45) is 0 Å². The summed E-state index contributed by atoms with van der Waals surface area (Å²) in [5.74, 6) is -0.369. The van der Waals surface area contributed by atoms with Crippen LogP contribution < -0.4 is 5.32 Å². The highest BCUT2D eigenvalue weighted by molar-refractivity contribution is 5.89. The molecule has 0 atom stereocenters. The molecule has 0 aliphatic rings. The standard InChI is InChI=1S/C10H10NO3/c1-14-10(13)9-4-2-8(3-5-9)6-11-7-12/h2-5H,6H2,1H3,(H,11,12). The molecule has 14 heavy (non-hydrogen) atoms. The fraction of sp³-hybridized carbons (Fsp3) is 0.200. The Labute approximate surface area is 81.9 Å². The Morgan fingerprint density at radius 3 is 2.57 bits per heavy atom. The number of esters is 1. The number of nitrogens with one attached hydrogen (secondary N) is 1. The Morgan fingerprint density at radius 1 is 1.43 bits per heavy atom. The van der Waals surface area contributed by atoms with Crippen molar-refractivity contribution >= 4 is 12.4 Å². The highest BCUT2D eigenvalue weighted by atomic mass is 16.5. The summed E-state index contributed by atoms with van der Waals surface area (Å²) in [5.41, 5.74) is 1.40. The predicted molar refractivity (Wildman–Crippen MR) is 50.3 cm³/mol. The van der Waals surface area contributed by atoms with Gasteiger partial charge in [0, 0.05) is 6.54 Å². The summed E-state index contributed by atoms with van der Waals surface area (Å²) in [7, 11) is 1.33. The second-order valence-electron chi connectivity index (χ2n) is 2.64. The molecule has 1 aromatic carbocycles. The molecular weight excluding hydrogens is 182 g/mol. The van der Waals surface area contributed by atoms with E-state index in [1.165, 1.54) is 7.11 Å². The van der Waals surface area contributed by atoms with Gasteiger partial charge in [0.05, 0.1) is 12.7 Å². The summed E-state index contributed by atoms with van der Waals surface area (Å²) in [6.07, 6.45) is 1.57. The highest BCUT2D eigenvalue weighted by Gasteiger charge is 2.03. The van der Waals surface area contributed by atoms with Gasteiger partial charge in [-0.3, -0.25) is 4.79 Å². The molecule has 0 spiro atoms. The Balaban J connectivity index is 2.68. The summed E-state index contributed by atoms with van der Waals surface area (Å²) in [6, 6.07) is 6.79. The van der Waals surface area contributed by atoms with Crippen LogP contribution in [0.3, 0.4) is 0 Å². The van der Waals surface area contributed by atoms with Gasteiger partial charge in [0.2, 0.25) is 0 Å². The van der Waals surface area contributed by atoms with Crippen LogP contribution in [0.15, 0.2) is 24.3 Å². The van der Waals surface area contributed by atoms with E-state index in [1.54, 1.807) is 30.7 Å². The van der Waals surface area contributed by atoms with Crippen molar-refractivity contribution in [3.8, 4) is 0 Å². The molecule has 1 N–H and O–H groups in total. The van der Waals surface area contributed by atoms with E-state index >= 15 is 0 Å². The number of rotatable bonds is 4. The topological polar surface area (TPSA) is 55.4 Å². The SMILES string of the molecule is COC(=O)c1ccc(CN[C]=O)cc1. The van der Waals surface area contributed by atoms with Crippen molar-refractivity contribution in [1.82, 2.24) is 5.32 Å². The highest BCUT2D eigenvalue weighted by Crippen LogP contribution is 2.05. The third-order valence-electron chi connectivity index (χ3n) is 1.74. The number of amides is 1. The number of hydrogen-bond donors (Lipinski definition) is 1. The lowest BCUT2D eigenvalue weighted by molar-refractivity contribution is 0.0600. The van der Waals surface area contributed by atoms with Crippen LogP contribution in [-0.4, -0.2) is 19.5 Å². The predicted octanol–water partition coefficient (Wildman–Crippen LogP) is 0.630. The largest absolute Gasteiger partial charge is 0.465 e. The molecule has 4 nitrogen and oxygen atoms in total. The molecule has 0 aromatic heterocycles. The molecule has 0 aliphatic heterocycles. The number of ether oxygens (including phenoxy) is 1. The van der Waals surface area contributed by atoms with Crippen molar-refractivity contribution in [3.05, 3.63) is 35.4 Å². The number of carbonyl (C=O) groups is 1. The summed E-state index contributed by atoms with van der Waals surface area (Å²) < 4.78 is 4.54. The van der Waals surface area contributed by atoms with E-state index in [0.717, 1.165) is 5.56 Å². The summed E-state index contributed by atoms with van der Waals surface area (Å²) >= 11 is 0. The lowest BCUT2D eigenvalue weighted by Crippen LogP contribution is -2.09. The van der Waals surface area contributed by atoms with E-state index in [2.05, 4.69) is 10.1 Å². The second kappa shape index (κ2) is 5.01. The molecule has 0 bridgehead atoms. The fourth-order valence-electron chi connectivity index (χ4n) is 1.01. The fourth-order valence-corrected chi connectivity index (χ4v) is 1.01. The third-order valence-corrected chi connectivity index (χ3v) is 1.74. The monoisotopic (exact) mass is 192 g/mol. The summed E-state index contributed by atoms with van der Waals surface area (Å²) in [5, 5.41) is 2.41. The van der Waals surface area contributed by atoms with Crippen LogP contribution in [0.1, 0.15) is 15.9 Å². The van der Waals surface area contributed by atoms with Crippen molar-refractivity contribution in [2.75, 3.05) is 7.11 Å². The molecule has 0 saturated carbocycles. The average molecular weight is 192 g/mol. The molecule has 0 fully saturated rings. The minimum absolute atomic E-state index is 0.369. The second-order valence-corrected chi connectivity index (χ2v) is 2.64. The minimum Gasteiger partial charge on any atom is -0.465 e. The van der Waals surface area contributed by atoms with Crippen LogP contribution >= 0.6 is 0 Å². The van der Waals surface area contributed by atoms with Gasteiger partial charge in [-0.15, -0.1) is 0 Å². The van der Waals surface area contributed by atoms with Crippen molar-refractivity contribution in [3.63, 3.8) is 0 Å². The average Bonchev–Trinajstić information content (AvgIpc) is 2.26. The first-order chi connectivity index (χ1) is 6.77. The smallest absolute Gasteiger partial charge is 0.337 e. The first-order valence-corrected chi connectivity index (χ1v) is 4.05. The number of methoxy groups -OCH3 is 1. The van der Waals surface area contributed by atoms with Crippen LogP contribution in [0.2, 0.25) is 0 Å². The molecule has 1 aromatic rings. The quantitative estimate of drug-likeness (QED) is 0.562. The van der Waals surface area contributed by atoms with E-state index < -0.39 is 0 Å². The van der Waals surface area contributed by atoms with E-state index in [1.807, 2.05) is 0 Å². The zero-order valence-corrected chi connectivity index (χ0v) is 7.74. The van der Waals surface area contributed by atoms with Gasteiger partial charge >= 0.3 is 12.4 Å². The van der Waals surface area contributed by atoms with Crippen LogP contribution in [0, 0.1) is 0 Å². The van der Waals surface area contributed by atoms with E-state index in [9.17, 15) is 9.59 Å². The van der Waals surface area contributed by atoms with E-state index in [-0.39, 0.29) is 5.97 Å². The minimum atomic E-state index is -0.369. The van der Waals surface area contributed by atoms with Gasteiger partial charge in [0.15, 0.2) is 0 Å². The zero-order valence-electron chi connectivity index (χ0n) is 7.74. The first kappa shape index (κ1) is 10.2. The third kappa shape index (κ3) is 2.58. The van der Waals surface area contributed by atoms with Gasteiger partial charge < -0.3 is 10.1 Å². The van der Waals surface area contributed by atoms with Crippen molar-refractivity contribution in [2.45, 2.75) is 6.54 Å². The first-order valence-electron chi connectivity index (χ1n) is 4.05. The Kier molecular flexibility index (Phi) is 3.67. The molecule has 1 radical (unpaired) electrons. The summed E-state index contributed by atoms with van der Waals surface area (Å²) in [4.78, 5) is 20.9.